The largest absolute Gasteiger partial charge is 0.463 e. The van der Waals surface area contributed by atoms with Crippen LogP contribution in [0.25, 0.3) is 0 Å². The van der Waals surface area contributed by atoms with Gasteiger partial charge in [0, 0.05) is 10.8 Å². The van der Waals surface area contributed by atoms with Gasteiger partial charge in [0.15, 0.2) is 0 Å². The molecule has 2 unspecified atom stereocenters. The highest BCUT2D eigenvalue weighted by Crippen LogP contribution is 3.17. The molecule has 2 saturated heterocycles. The molecule has 4 rings (SSSR count). The molecule has 0 N–H and O–H groups in total. The number of hydrogen-bond donors (Lipinski definition) is 0. The van der Waals surface area contributed by atoms with Crippen molar-refractivity contribution in [3.05, 3.63) is 0 Å². The third-order valence-electron chi connectivity index (χ3n) is 8.59. The van der Waals surface area contributed by atoms with Crippen LogP contribution in [0.3, 0.4) is 0 Å². The summed E-state index contributed by atoms with van der Waals surface area (Å²) in [5.74, 6) is -2.37. The number of ether oxygens (including phenoxy) is 4. The molecule has 2 bridgehead atoms. The molecule has 0 aromatic carbocycles. The van der Waals surface area contributed by atoms with Crippen molar-refractivity contribution in [2.45, 2.75) is 114 Å². The molecule has 0 aromatic heterocycles. The van der Waals surface area contributed by atoms with Crippen LogP contribution in [0.15, 0.2) is 0 Å². The van der Waals surface area contributed by atoms with Gasteiger partial charge in [-0.2, -0.15) is 0 Å². The van der Waals surface area contributed by atoms with Crippen molar-refractivity contribution in [1.29, 1.82) is 0 Å². The minimum Gasteiger partial charge on any atom is -0.463 e. The molecule has 0 spiro atoms. The second kappa shape index (κ2) is 7.02. The lowest BCUT2D eigenvalue weighted by atomic mass is 9.55. The van der Waals surface area contributed by atoms with E-state index in [1.54, 1.807) is 34.6 Å². The predicted molar refractivity (Wildman–Crippen MR) is 131 cm³/mol. The van der Waals surface area contributed by atoms with Crippen molar-refractivity contribution in [3.63, 3.8) is 0 Å². The van der Waals surface area contributed by atoms with Crippen LogP contribution in [0.1, 0.15) is 96.9 Å². The fourth-order valence-corrected chi connectivity index (χ4v) is 8.88. The summed E-state index contributed by atoms with van der Waals surface area (Å²) in [6, 6.07) is 0. The van der Waals surface area contributed by atoms with Crippen LogP contribution >= 0.6 is 0 Å². The second-order valence-corrected chi connectivity index (χ2v) is 14.4. The Kier molecular flexibility index (Phi) is 5.60. The average molecular weight is 495 g/mol. The molecular weight excluding hydrogens is 448 g/mol. The number of rotatable bonds is 5. The van der Waals surface area contributed by atoms with Gasteiger partial charge in [-0.15, -0.1) is 0 Å². The Hall–Kier alpha value is -1.63. The van der Waals surface area contributed by atoms with E-state index in [4.69, 9.17) is 18.9 Å². The zero-order valence-corrected chi connectivity index (χ0v) is 24.3. The molecular formula is C28H46O7. The van der Waals surface area contributed by atoms with Crippen LogP contribution in [0.4, 0.5) is 0 Å². The topological polar surface area (TPSA) is 88.1 Å². The SMILES string of the molecule is CCOC(=O)C1(C(=O)OCC)OC2(C(C)(C)C)C3(C(C)(C)C)C1(C(=O)OC(C)(C)C)C23C(C)(C)C. The lowest BCUT2D eigenvalue weighted by molar-refractivity contribution is -0.202. The van der Waals surface area contributed by atoms with Crippen molar-refractivity contribution in [1.82, 2.24) is 0 Å². The summed E-state index contributed by atoms with van der Waals surface area (Å²) in [5, 5.41) is 0. The third-order valence-corrected chi connectivity index (χ3v) is 8.59. The summed E-state index contributed by atoms with van der Waals surface area (Å²) in [6.07, 6.45) is 0. The maximum atomic E-state index is 14.5. The first-order valence-electron chi connectivity index (χ1n) is 12.8. The van der Waals surface area contributed by atoms with E-state index in [1.807, 2.05) is 20.8 Å². The highest BCUT2D eigenvalue weighted by molar-refractivity contribution is 6.16. The summed E-state index contributed by atoms with van der Waals surface area (Å²) in [7, 11) is 0. The summed E-state index contributed by atoms with van der Waals surface area (Å²) in [6.45, 7) is 27.2. The number of carbonyl (C=O) groups excluding carboxylic acids is 3. The van der Waals surface area contributed by atoms with Crippen molar-refractivity contribution in [3.8, 4) is 0 Å². The van der Waals surface area contributed by atoms with E-state index in [-0.39, 0.29) is 13.2 Å². The summed E-state index contributed by atoms with van der Waals surface area (Å²) in [4.78, 5) is 42.5. The zero-order chi connectivity index (χ0) is 27.5. The smallest absolute Gasteiger partial charge is 0.351 e. The van der Waals surface area contributed by atoms with E-state index in [0.29, 0.717) is 0 Å². The van der Waals surface area contributed by atoms with Gasteiger partial charge in [-0.1, -0.05) is 62.3 Å². The van der Waals surface area contributed by atoms with Crippen LogP contribution in [0.2, 0.25) is 0 Å². The maximum absolute atomic E-state index is 14.5. The van der Waals surface area contributed by atoms with Gasteiger partial charge < -0.3 is 18.9 Å². The normalized spacial score (nSPS) is 35.1. The molecule has 4 fully saturated rings. The second-order valence-electron chi connectivity index (χ2n) is 14.4. The summed E-state index contributed by atoms with van der Waals surface area (Å²) in [5.41, 5.74) is -9.05. The number of carbonyl (C=O) groups is 3. The first-order valence-corrected chi connectivity index (χ1v) is 12.8. The standard InChI is InChI=1S/C28H46O7/c1-15-32-17(29)24(18(30)33-16-2)25(19(31)34-23(12,13)14)26(20(3,4)5)27(25,21(6,7)8)28(26,35-24)22(9,10)11/h15-16H2,1-14H3. The van der Waals surface area contributed by atoms with Crippen LogP contribution in [-0.2, 0) is 33.3 Å². The number of hydrogen-bond acceptors (Lipinski definition) is 7. The lowest BCUT2D eigenvalue weighted by Gasteiger charge is -2.46. The molecule has 7 heteroatoms. The van der Waals surface area contributed by atoms with E-state index < -0.39 is 67.2 Å². The van der Waals surface area contributed by atoms with Crippen molar-refractivity contribution in [2.75, 3.05) is 13.2 Å². The minimum absolute atomic E-state index is 0.0291. The van der Waals surface area contributed by atoms with Gasteiger partial charge in [0.1, 0.15) is 11.0 Å². The monoisotopic (exact) mass is 494 g/mol. The molecule has 0 amide bonds. The van der Waals surface area contributed by atoms with Crippen LogP contribution < -0.4 is 0 Å². The molecule has 35 heavy (non-hydrogen) atoms. The quantitative estimate of drug-likeness (QED) is 0.299. The molecule has 200 valence electrons. The fraction of sp³-hybridized carbons (Fsp3) is 0.893. The lowest BCUT2D eigenvalue weighted by Crippen LogP contribution is -2.62. The summed E-state index contributed by atoms with van der Waals surface area (Å²) < 4.78 is 24.0. The van der Waals surface area contributed by atoms with Crippen molar-refractivity contribution >= 4 is 17.9 Å². The minimum atomic E-state index is -2.27. The Morgan fingerprint density at radius 2 is 1.00 bits per heavy atom. The Bertz CT molecular complexity index is 904. The van der Waals surface area contributed by atoms with Gasteiger partial charge in [0.2, 0.25) is 0 Å². The zero-order valence-electron chi connectivity index (χ0n) is 24.3. The molecule has 2 saturated carbocycles. The Labute approximate surface area is 211 Å². The van der Waals surface area contributed by atoms with Crippen LogP contribution in [0.5, 0.6) is 0 Å². The van der Waals surface area contributed by atoms with Gasteiger partial charge in [-0.25, -0.2) is 9.59 Å². The molecule has 7 nitrogen and oxygen atoms in total. The Balaban J connectivity index is 2.55. The predicted octanol–water partition coefficient (Wildman–Crippen LogP) is 5.09. The molecule has 2 aliphatic heterocycles. The van der Waals surface area contributed by atoms with E-state index in [9.17, 15) is 14.4 Å². The molecule has 4 aliphatic rings. The van der Waals surface area contributed by atoms with Gasteiger partial charge in [0.25, 0.3) is 5.60 Å². The van der Waals surface area contributed by atoms with Gasteiger partial charge in [-0.05, 0) is 50.9 Å². The first-order chi connectivity index (χ1) is 15.5. The molecule has 2 atom stereocenters. The van der Waals surface area contributed by atoms with Crippen molar-refractivity contribution < 1.29 is 33.3 Å². The molecule has 2 aliphatic carbocycles. The Morgan fingerprint density at radius 3 is 1.26 bits per heavy atom. The molecule has 0 radical (unpaired) electrons. The Morgan fingerprint density at radius 1 is 0.629 bits per heavy atom. The first kappa shape index (κ1) is 27.9. The van der Waals surface area contributed by atoms with Gasteiger partial charge in [-0.3, -0.25) is 4.79 Å². The average Bonchev–Trinajstić information content (AvgIpc) is 3.35. The summed E-state index contributed by atoms with van der Waals surface area (Å²) >= 11 is 0. The molecule has 2 heterocycles. The van der Waals surface area contributed by atoms with Crippen LogP contribution in [-0.4, -0.2) is 47.9 Å². The van der Waals surface area contributed by atoms with E-state index in [1.165, 1.54) is 0 Å². The van der Waals surface area contributed by atoms with Gasteiger partial charge in [0.05, 0.1) is 18.8 Å². The van der Waals surface area contributed by atoms with Crippen LogP contribution in [0, 0.1) is 32.5 Å². The molecule has 0 aromatic rings. The van der Waals surface area contributed by atoms with E-state index in [0.717, 1.165) is 0 Å². The van der Waals surface area contributed by atoms with E-state index in [2.05, 4.69) is 41.5 Å². The highest BCUT2D eigenvalue weighted by atomic mass is 16.7. The fourth-order valence-electron chi connectivity index (χ4n) is 8.88. The third kappa shape index (κ3) is 2.45. The maximum Gasteiger partial charge on any atom is 0.351 e. The number of fused-ring (bicyclic) bond motifs is 1. The number of esters is 3. The highest BCUT2D eigenvalue weighted by Gasteiger charge is 3.29. The van der Waals surface area contributed by atoms with Gasteiger partial charge >= 0.3 is 17.9 Å². The van der Waals surface area contributed by atoms with Crippen molar-refractivity contribution in [2.24, 2.45) is 32.5 Å². The van der Waals surface area contributed by atoms with E-state index >= 15 is 0 Å².